The van der Waals surface area contributed by atoms with Gasteiger partial charge >= 0.3 is 0 Å². The zero-order valence-electron chi connectivity index (χ0n) is 17.5. The lowest BCUT2D eigenvalue weighted by Crippen LogP contribution is -2.40. The number of rotatable bonds is 8. The first-order valence-electron chi connectivity index (χ1n) is 10.5. The van der Waals surface area contributed by atoms with Gasteiger partial charge in [0.05, 0.1) is 5.52 Å². The molecule has 164 valence electrons. The number of aliphatic hydroxyl groups is 1. The first-order chi connectivity index (χ1) is 14.7. The number of aliphatic hydroxyl groups excluding tert-OH is 1. The van der Waals surface area contributed by atoms with E-state index in [4.69, 9.17) is 4.74 Å². The topological polar surface area (TPSA) is 63.5 Å². The number of nitrogens with zero attached hydrogens (tertiary/aromatic N) is 1. The molecule has 1 aliphatic rings. The smallest absolute Gasteiger partial charge is 0.255 e. The summed E-state index contributed by atoms with van der Waals surface area (Å²) in [7, 11) is 0. The highest BCUT2D eigenvalue weighted by molar-refractivity contribution is 5.85. The van der Waals surface area contributed by atoms with Crippen molar-refractivity contribution in [1.82, 2.24) is 9.88 Å². The molecule has 1 aromatic heterocycles. The van der Waals surface area contributed by atoms with E-state index in [0.29, 0.717) is 24.9 Å². The number of aryl methyl sites for hydroxylation is 1. The minimum atomic E-state index is -0.656. The lowest BCUT2D eigenvalue weighted by atomic mass is 9.88. The Bertz CT molecular complexity index is 1100. The van der Waals surface area contributed by atoms with E-state index >= 15 is 0 Å². The highest BCUT2D eigenvalue weighted by Gasteiger charge is 2.19. The van der Waals surface area contributed by atoms with Crippen LogP contribution in [-0.2, 0) is 19.4 Å². The summed E-state index contributed by atoms with van der Waals surface area (Å²) in [6, 6.07) is 18.0. The zero-order chi connectivity index (χ0) is 20.9. The Morgan fingerprint density at radius 1 is 1.19 bits per heavy atom. The Morgan fingerprint density at radius 2 is 1.94 bits per heavy atom. The molecule has 2 N–H and O–H groups in total. The third-order valence-electron chi connectivity index (χ3n) is 5.71. The van der Waals surface area contributed by atoms with Crippen LogP contribution in [0.4, 0.5) is 0 Å². The minimum Gasteiger partial charge on any atom is -0.490 e. The number of benzene rings is 2. The van der Waals surface area contributed by atoms with Gasteiger partial charge in [-0.3, -0.25) is 4.79 Å². The summed E-state index contributed by atoms with van der Waals surface area (Å²) in [6.45, 7) is 4.75. The van der Waals surface area contributed by atoms with Crippen LogP contribution in [0.1, 0.15) is 17.5 Å². The standard InChI is InChI=1S/C25H28N2O3.ClH/c1-2-13-27-23-10-6-5-9-22(23)24(15-25(27)29)30-17-21(28)16-26-20-12-11-18-7-3-4-8-19(18)14-20;/h2-10,15,20-21,26,28H,1,11-14,16-17H2;1H. The molecule has 2 atom stereocenters. The van der Waals surface area contributed by atoms with Crippen LogP contribution in [0.15, 0.2) is 72.0 Å². The molecule has 0 radical (unpaired) electrons. The second-order valence-corrected chi connectivity index (χ2v) is 7.84. The summed E-state index contributed by atoms with van der Waals surface area (Å²) < 4.78 is 7.52. The minimum absolute atomic E-state index is 0. The van der Waals surface area contributed by atoms with Crippen LogP contribution >= 0.6 is 12.4 Å². The van der Waals surface area contributed by atoms with E-state index in [2.05, 4.69) is 36.2 Å². The van der Waals surface area contributed by atoms with Gasteiger partial charge in [-0.2, -0.15) is 0 Å². The number of halogens is 1. The average molecular weight is 441 g/mol. The molecule has 5 nitrogen and oxygen atoms in total. The van der Waals surface area contributed by atoms with E-state index in [1.54, 1.807) is 10.6 Å². The van der Waals surface area contributed by atoms with Gasteiger partial charge in [0.25, 0.3) is 5.56 Å². The molecule has 3 aromatic rings. The van der Waals surface area contributed by atoms with Crippen LogP contribution in [0, 0.1) is 0 Å². The number of allylic oxidation sites excluding steroid dienone is 1. The van der Waals surface area contributed by atoms with Gasteiger partial charge in [0.15, 0.2) is 0 Å². The van der Waals surface area contributed by atoms with Gasteiger partial charge in [0.1, 0.15) is 18.5 Å². The van der Waals surface area contributed by atoms with Crippen molar-refractivity contribution in [2.75, 3.05) is 13.2 Å². The molecular weight excluding hydrogens is 412 g/mol. The first kappa shape index (κ1) is 23.1. The first-order valence-corrected chi connectivity index (χ1v) is 10.5. The Labute approximate surface area is 188 Å². The molecule has 4 rings (SSSR count). The van der Waals surface area contributed by atoms with Gasteiger partial charge < -0.3 is 19.7 Å². The Balaban J connectivity index is 0.00000272. The van der Waals surface area contributed by atoms with Gasteiger partial charge in [-0.1, -0.05) is 42.5 Å². The average Bonchev–Trinajstić information content (AvgIpc) is 2.78. The van der Waals surface area contributed by atoms with Crippen molar-refractivity contribution >= 4 is 23.3 Å². The number of aromatic nitrogens is 1. The molecular formula is C25H29ClN2O3. The monoisotopic (exact) mass is 440 g/mol. The molecule has 1 aliphatic carbocycles. The summed E-state index contributed by atoms with van der Waals surface area (Å²) in [5, 5.41) is 14.7. The molecule has 2 unspecified atom stereocenters. The maximum Gasteiger partial charge on any atom is 0.255 e. The number of fused-ring (bicyclic) bond motifs is 2. The Kier molecular flexibility index (Phi) is 7.91. The van der Waals surface area contributed by atoms with Crippen molar-refractivity contribution in [2.24, 2.45) is 0 Å². The number of pyridine rings is 1. The molecule has 0 amide bonds. The lowest BCUT2D eigenvalue weighted by molar-refractivity contribution is 0.103. The molecule has 0 saturated heterocycles. The Morgan fingerprint density at radius 3 is 2.74 bits per heavy atom. The summed E-state index contributed by atoms with van der Waals surface area (Å²) in [4.78, 5) is 12.5. The predicted octanol–water partition coefficient (Wildman–Crippen LogP) is 3.50. The number of hydrogen-bond acceptors (Lipinski definition) is 4. The van der Waals surface area contributed by atoms with Crippen LogP contribution in [0.25, 0.3) is 10.9 Å². The van der Waals surface area contributed by atoms with E-state index in [1.807, 2.05) is 24.3 Å². The molecule has 0 spiro atoms. The van der Waals surface area contributed by atoms with E-state index in [-0.39, 0.29) is 24.6 Å². The van der Waals surface area contributed by atoms with Crippen LogP contribution in [0.5, 0.6) is 5.75 Å². The molecule has 2 aromatic carbocycles. The molecule has 6 heteroatoms. The van der Waals surface area contributed by atoms with Crippen molar-refractivity contribution < 1.29 is 9.84 Å². The second-order valence-electron chi connectivity index (χ2n) is 7.84. The number of hydrogen-bond donors (Lipinski definition) is 2. The van der Waals surface area contributed by atoms with E-state index < -0.39 is 6.10 Å². The molecule has 0 bridgehead atoms. The van der Waals surface area contributed by atoms with Crippen molar-refractivity contribution in [3.8, 4) is 5.75 Å². The zero-order valence-corrected chi connectivity index (χ0v) is 18.3. The van der Waals surface area contributed by atoms with Gasteiger partial charge in [0.2, 0.25) is 0 Å². The van der Waals surface area contributed by atoms with Crippen LogP contribution in [-0.4, -0.2) is 35.0 Å². The normalized spacial score (nSPS) is 16.2. The summed E-state index contributed by atoms with van der Waals surface area (Å²) >= 11 is 0. The van der Waals surface area contributed by atoms with E-state index in [1.165, 1.54) is 17.2 Å². The predicted molar refractivity (Wildman–Crippen MR) is 127 cm³/mol. The molecule has 0 aliphatic heterocycles. The van der Waals surface area contributed by atoms with Gasteiger partial charge in [0, 0.05) is 30.6 Å². The van der Waals surface area contributed by atoms with Gasteiger partial charge in [-0.05, 0) is 42.5 Å². The maximum absolute atomic E-state index is 12.5. The fraction of sp³-hybridized carbons (Fsp3) is 0.320. The molecule has 0 saturated carbocycles. The maximum atomic E-state index is 12.5. The van der Waals surface area contributed by atoms with E-state index in [9.17, 15) is 9.90 Å². The van der Waals surface area contributed by atoms with Crippen LogP contribution < -0.4 is 15.6 Å². The number of ether oxygens (including phenoxy) is 1. The highest BCUT2D eigenvalue weighted by Crippen LogP contribution is 2.24. The number of para-hydroxylation sites is 1. The van der Waals surface area contributed by atoms with Crippen molar-refractivity contribution in [3.63, 3.8) is 0 Å². The van der Waals surface area contributed by atoms with Gasteiger partial charge in [-0.25, -0.2) is 0 Å². The largest absolute Gasteiger partial charge is 0.490 e. The quantitative estimate of drug-likeness (QED) is 0.526. The fourth-order valence-corrected chi connectivity index (χ4v) is 4.16. The summed E-state index contributed by atoms with van der Waals surface area (Å²) in [6.07, 6.45) is 4.16. The summed E-state index contributed by atoms with van der Waals surface area (Å²) in [5.74, 6) is 0.501. The van der Waals surface area contributed by atoms with Crippen molar-refractivity contribution in [1.29, 1.82) is 0 Å². The fourth-order valence-electron chi connectivity index (χ4n) is 4.16. The number of nitrogens with one attached hydrogen (secondary N) is 1. The van der Waals surface area contributed by atoms with Crippen molar-refractivity contribution in [3.05, 3.63) is 88.7 Å². The van der Waals surface area contributed by atoms with Gasteiger partial charge in [-0.15, -0.1) is 19.0 Å². The molecule has 1 heterocycles. The summed E-state index contributed by atoms with van der Waals surface area (Å²) in [5.41, 5.74) is 3.47. The molecule has 0 fully saturated rings. The van der Waals surface area contributed by atoms with Crippen LogP contribution in [0.2, 0.25) is 0 Å². The third-order valence-corrected chi connectivity index (χ3v) is 5.71. The third kappa shape index (κ3) is 5.37. The van der Waals surface area contributed by atoms with Crippen LogP contribution in [0.3, 0.4) is 0 Å². The van der Waals surface area contributed by atoms with Crippen molar-refractivity contribution in [2.45, 2.75) is 38.0 Å². The Hall–Kier alpha value is -2.60. The highest BCUT2D eigenvalue weighted by atomic mass is 35.5. The second kappa shape index (κ2) is 10.6. The lowest BCUT2D eigenvalue weighted by Gasteiger charge is -2.26. The van der Waals surface area contributed by atoms with E-state index in [0.717, 1.165) is 30.2 Å². The SMILES string of the molecule is C=CCn1c(=O)cc(OCC(O)CNC2CCc3ccccc3C2)c2ccccc21.Cl. The molecule has 31 heavy (non-hydrogen) atoms.